The lowest BCUT2D eigenvalue weighted by atomic mass is 10.7. The molecule has 0 spiro atoms. The maximum atomic E-state index is 9.78. The predicted octanol–water partition coefficient (Wildman–Crippen LogP) is -0.159. The van der Waals surface area contributed by atoms with Gasteiger partial charge in [-0.05, 0) is 0 Å². The van der Waals surface area contributed by atoms with Crippen molar-refractivity contribution in [1.82, 2.24) is 0 Å². The molecule has 0 aromatic rings. The van der Waals surface area contributed by atoms with Crippen LogP contribution in [0, 0.1) is 12.3 Å². The lowest BCUT2D eigenvalue weighted by Gasteiger charge is -1.85. The fourth-order valence-electron chi connectivity index (χ4n) is 0.109. The van der Waals surface area contributed by atoms with Crippen LogP contribution in [0.25, 0.3) is 0 Å². The fraction of sp³-hybridized carbons (Fsp3) is 0. The molecule has 1 N–H and O–H groups in total. The molecular weight excluding hydrogens is 112 g/mol. The van der Waals surface area contributed by atoms with E-state index in [4.69, 9.17) is 5.11 Å². The fourth-order valence-corrected chi connectivity index (χ4v) is 0.109. The molecule has 0 aromatic heterocycles. The topological polar surface area (TPSA) is 63.6 Å². The van der Waals surface area contributed by atoms with Crippen LogP contribution in [0.3, 0.4) is 0 Å². The molecular formula is C4H2O4. The molecule has 0 rings (SSSR count). The van der Waals surface area contributed by atoms with Crippen molar-refractivity contribution in [3.8, 4) is 12.3 Å². The maximum Gasteiger partial charge on any atom is 0.514 e. The van der Waals surface area contributed by atoms with E-state index in [0.29, 0.717) is 0 Å². The van der Waals surface area contributed by atoms with E-state index in [1.807, 2.05) is 0 Å². The second-order valence-corrected chi connectivity index (χ2v) is 0.800. The molecule has 0 radical (unpaired) electrons. The number of esters is 1. The zero-order chi connectivity index (χ0) is 6.57. The van der Waals surface area contributed by atoms with Gasteiger partial charge in [-0.15, -0.1) is 6.42 Å². The van der Waals surface area contributed by atoms with Crippen LogP contribution in [-0.2, 0) is 9.53 Å². The molecule has 0 amide bonds. The molecule has 8 heavy (non-hydrogen) atoms. The first kappa shape index (κ1) is 6.50. The Kier molecular flexibility index (Phi) is 2.14. The van der Waals surface area contributed by atoms with Crippen molar-refractivity contribution >= 4 is 12.1 Å². The molecule has 0 atom stereocenters. The second kappa shape index (κ2) is 2.64. The van der Waals surface area contributed by atoms with E-state index in [1.165, 1.54) is 5.92 Å². The third kappa shape index (κ3) is 2.72. The molecule has 4 nitrogen and oxygen atoms in total. The number of rotatable bonds is 0. The molecule has 0 aromatic carbocycles. The number of carbonyl (C=O) groups is 2. The highest BCUT2D eigenvalue weighted by Crippen LogP contribution is 1.74. The Bertz CT molecular complexity index is 152. The van der Waals surface area contributed by atoms with Gasteiger partial charge in [-0.25, -0.2) is 9.59 Å². The first-order chi connectivity index (χ1) is 3.66. The van der Waals surface area contributed by atoms with Crippen molar-refractivity contribution < 1.29 is 19.4 Å². The van der Waals surface area contributed by atoms with Crippen molar-refractivity contribution in [2.45, 2.75) is 0 Å². The Hall–Kier alpha value is -1.50. The highest BCUT2D eigenvalue weighted by Gasteiger charge is 2.01. The summed E-state index contributed by atoms with van der Waals surface area (Å²) >= 11 is 0. The number of ether oxygens (including phenoxy) is 1. The summed E-state index contributed by atoms with van der Waals surface area (Å²) in [5.41, 5.74) is 0. The first-order valence-electron chi connectivity index (χ1n) is 1.58. The minimum Gasteiger partial charge on any atom is -0.449 e. The normalized spacial score (nSPS) is 6.88. The number of carbonyl (C=O) groups excluding carboxylic acids is 1. The molecule has 0 aliphatic rings. The van der Waals surface area contributed by atoms with Crippen LogP contribution in [0.5, 0.6) is 0 Å². The molecule has 0 saturated heterocycles. The number of terminal acetylenes is 1. The van der Waals surface area contributed by atoms with E-state index in [0.717, 1.165) is 0 Å². The summed E-state index contributed by atoms with van der Waals surface area (Å²) in [5.74, 6) is 0.258. The van der Waals surface area contributed by atoms with Crippen molar-refractivity contribution in [3.63, 3.8) is 0 Å². The van der Waals surface area contributed by atoms with Crippen molar-refractivity contribution in [3.05, 3.63) is 0 Å². The van der Waals surface area contributed by atoms with Crippen LogP contribution >= 0.6 is 0 Å². The summed E-state index contributed by atoms with van der Waals surface area (Å²) in [6, 6.07) is 0. The Morgan fingerprint density at radius 3 is 2.25 bits per heavy atom. The van der Waals surface area contributed by atoms with Gasteiger partial charge in [-0.1, -0.05) is 0 Å². The standard InChI is InChI=1S/C4H2O4/c1-2-3(5)8-4(6)7/h1H,(H,6,7). The maximum absolute atomic E-state index is 9.78. The predicted molar refractivity (Wildman–Crippen MR) is 22.9 cm³/mol. The van der Waals surface area contributed by atoms with E-state index < -0.39 is 12.1 Å². The van der Waals surface area contributed by atoms with Gasteiger partial charge in [-0.2, -0.15) is 0 Å². The lowest BCUT2D eigenvalue weighted by Crippen LogP contribution is -2.06. The number of carboxylic acid groups (broad SMARTS) is 1. The molecule has 0 aliphatic heterocycles. The summed E-state index contributed by atoms with van der Waals surface area (Å²) in [7, 11) is 0. The Morgan fingerprint density at radius 2 is 2.12 bits per heavy atom. The number of hydrogen-bond donors (Lipinski definition) is 1. The van der Waals surface area contributed by atoms with E-state index in [2.05, 4.69) is 11.2 Å². The first-order valence-corrected chi connectivity index (χ1v) is 1.58. The molecule has 4 heteroatoms. The molecule has 0 saturated carbocycles. The van der Waals surface area contributed by atoms with E-state index in [-0.39, 0.29) is 0 Å². The molecule has 0 unspecified atom stereocenters. The monoisotopic (exact) mass is 114 g/mol. The smallest absolute Gasteiger partial charge is 0.449 e. The largest absolute Gasteiger partial charge is 0.514 e. The Balaban J connectivity index is 3.61. The summed E-state index contributed by atoms with van der Waals surface area (Å²) in [6.45, 7) is 0. The average Bonchev–Trinajstić information content (AvgIpc) is 1.65. The van der Waals surface area contributed by atoms with Gasteiger partial charge in [0, 0.05) is 5.92 Å². The lowest BCUT2D eigenvalue weighted by molar-refractivity contribution is -0.132. The summed E-state index contributed by atoms with van der Waals surface area (Å²) < 4.78 is 3.44. The molecule has 42 valence electrons. The zero-order valence-corrected chi connectivity index (χ0v) is 3.75. The third-order valence-corrected chi connectivity index (χ3v) is 0.298. The quantitative estimate of drug-likeness (QED) is 0.206. The van der Waals surface area contributed by atoms with Gasteiger partial charge in [0.1, 0.15) is 0 Å². The minimum atomic E-state index is -1.69. The van der Waals surface area contributed by atoms with Crippen LogP contribution < -0.4 is 0 Å². The van der Waals surface area contributed by atoms with Gasteiger partial charge in [0.05, 0.1) is 0 Å². The highest BCUT2D eigenvalue weighted by molar-refractivity contribution is 5.93. The van der Waals surface area contributed by atoms with Crippen LogP contribution in [0.4, 0.5) is 4.79 Å². The Labute approximate surface area is 45.1 Å². The van der Waals surface area contributed by atoms with E-state index in [9.17, 15) is 9.59 Å². The van der Waals surface area contributed by atoms with Gasteiger partial charge in [0.2, 0.25) is 0 Å². The zero-order valence-electron chi connectivity index (χ0n) is 3.75. The van der Waals surface area contributed by atoms with E-state index >= 15 is 0 Å². The van der Waals surface area contributed by atoms with Crippen molar-refractivity contribution in [2.75, 3.05) is 0 Å². The average molecular weight is 114 g/mol. The number of hydrogen-bond acceptors (Lipinski definition) is 3. The van der Waals surface area contributed by atoms with Gasteiger partial charge in [0.15, 0.2) is 0 Å². The Morgan fingerprint density at radius 1 is 1.62 bits per heavy atom. The van der Waals surface area contributed by atoms with E-state index in [1.54, 1.807) is 0 Å². The SMILES string of the molecule is C#CC(=O)OC(=O)O. The summed E-state index contributed by atoms with van der Waals surface area (Å²) in [5, 5.41) is 7.68. The van der Waals surface area contributed by atoms with Gasteiger partial charge in [0.25, 0.3) is 0 Å². The third-order valence-electron chi connectivity index (χ3n) is 0.298. The molecule has 0 bridgehead atoms. The second-order valence-electron chi connectivity index (χ2n) is 0.800. The summed E-state index contributed by atoms with van der Waals surface area (Å²) in [6.07, 6.45) is 2.75. The van der Waals surface area contributed by atoms with Crippen LogP contribution in [-0.4, -0.2) is 17.2 Å². The van der Waals surface area contributed by atoms with Gasteiger partial charge in [-0.3, -0.25) is 0 Å². The van der Waals surface area contributed by atoms with Gasteiger partial charge < -0.3 is 9.84 Å². The highest BCUT2D eigenvalue weighted by atomic mass is 16.7. The van der Waals surface area contributed by atoms with Gasteiger partial charge >= 0.3 is 12.1 Å². The van der Waals surface area contributed by atoms with Crippen molar-refractivity contribution in [2.24, 2.45) is 0 Å². The van der Waals surface area contributed by atoms with Crippen LogP contribution in [0.1, 0.15) is 0 Å². The minimum absolute atomic E-state index is 1.20. The van der Waals surface area contributed by atoms with Crippen LogP contribution in [0.15, 0.2) is 0 Å². The van der Waals surface area contributed by atoms with Crippen molar-refractivity contribution in [1.29, 1.82) is 0 Å². The molecule has 0 fully saturated rings. The van der Waals surface area contributed by atoms with Crippen LogP contribution in [0.2, 0.25) is 0 Å². The molecule has 0 heterocycles. The molecule has 0 aliphatic carbocycles. The summed E-state index contributed by atoms with van der Waals surface area (Å²) in [4.78, 5) is 19.2.